The van der Waals surface area contributed by atoms with Gasteiger partial charge in [-0.15, -0.1) is 0 Å². The first-order valence-electron chi connectivity index (χ1n) is 8.83. The van der Waals surface area contributed by atoms with Gasteiger partial charge >= 0.3 is 5.97 Å². The van der Waals surface area contributed by atoms with E-state index in [1.54, 1.807) is 7.11 Å². The number of hydrogen-bond acceptors (Lipinski definition) is 3. The van der Waals surface area contributed by atoms with E-state index in [1.807, 2.05) is 18.2 Å². The molecule has 0 aromatic heterocycles. The van der Waals surface area contributed by atoms with Crippen LogP contribution in [-0.2, 0) is 11.2 Å². The summed E-state index contributed by atoms with van der Waals surface area (Å²) in [6.45, 7) is 2.24. The number of carbonyl (C=O) groups excluding carboxylic acids is 1. The zero-order valence-electron chi connectivity index (χ0n) is 14.4. The van der Waals surface area contributed by atoms with Crippen LogP contribution in [0.4, 0.5) is 0 Å². The summed E-state index contributed by atoms with van der Waals surface area (Å²) in [6.07, 6.45) is 12.7. The summed E-state index contributed by atoms with van der Waals surface area (Å²) >= 11 is 0. The molecule has 0 amide bonds. The second-order valence-electron chi connectivity index (χ2n) is 6.15. The summed E-state index contributed by atoms with van der Waals surface area (Å²) in [5.74, 6) is 0.972. The van der Waals surface area contributed by atoms with Gasteiger partial charge < -0.3 is 9.47 Å². The molecule has 1 aromatic rings. The van der Waals surface area contributed by atoms with Crippen LogP contribution < -0.4 is 9.47 Å². The lowest BCUT2D eigenvalue weighted by Gasteiger charge is -2.20. The van der Waals surface area contributed by atoms with E-state index in [0.717, 1.165) is 24.0 Å². The second kappa shape index (κ2) is 9.39. The summed E-state index contributed by atoms with van der Waals surface area (Å²) in [5.41, 5.74) is 1.80. The Kier molecular flexibility index (Phi) is 7.18. The summed E-state index contributed by atoms with van der Waals surface area (Å²) < 4.78 is 10.7. The lowest BCUT2D eigenvalue weighted by Crippen LogP contribution is -2.20. The number of hydrogen-bond donors (Lipinski definition) is 0. The monoisotopic (exact) mass is 316 g/mol. The summed E-state index contributed by atoms with van der Waals surface area (Å²) in [7, 11) is 1.59. The van der Waals surface area contributed by atoms with Crippen molar-refractivity contribution in [1.82, 2.24) is 0 Å². The molecule has 1 heterocycles. The quantitative estimate of drug-likeness (QED) is 0.271. The number of rotatable bonds is 9. The molecule has 3 nitrogen and oxygen atoms in total. The van der Waals surface area contributed by atoms with E-state index in [0.29, 0.717) is 17.9 Å². The topological polar surface area (TPSA) is 35.5 Å². The van der Waals surface area contributed by atoms with E-state index >= 15 is 0 Å². The first-order valence-corrected chi connectivity index (χ1v) is 8.83. The smallest absolute Gasteiger partial charge is 0.339 e. The average molecular weight is 316 g/mol. The number of para-hydroxylation sites is 1. The van der Waals surface area contributed by atoms with Gasteiger partial charge in [-0.3, -0.25) is 0 Å². The minimum Gasteiger partial charge on any atom is -0.493 e. The Hall–Kier alpha value is -1.77. The van der Waals surface area contributed by atoms with Crippen LogP contribution in [0, 0.1) is 0 Å². The van der Waals surface area contributed by atoms with E-state index in [-0.39, 0.29) is 5.97 Å². The van der Waals surface area contributed by atoms with Crippen molar-refractivity contribution >= 4 is 5.97 Å². The zero-order chi connectivity index (χ0) is 16.5. The van der Waals surface area contributed by atoms with Crippen LogP contribution in [0.3, 0.4) is 0 Å². The molecular weight excluding hydrogens is 288 g/mol. The maximum Gasteiger partial charge on any atom is 0.339 e. The Bertz CT molecular complexity index is 546. The van der Waals surface area contributed by atoms with Gasteiger partial charge in [0.1, 0.15) is 0 Å². The number of esters is 1. The van der Waals surface area contributed by atoms with Crippen LogP contribution in [0.5, 0.6) is 11.5 Å². The SMILES string of the molecule is CCCCCCCCC/C=C1\Cc2cccc(OC)c2OC1=O. The first kappa shape index (κ1) is 17.6. The van der Waals surface area contributed by atoms with Crippen LogP contribution in [0.15, 0.2) is 29.8 Å². The van der Waals surface area contributed by atoms with Gasteiger partial charge in [-0.25, -0.2) is 4.79 Å². The predicted molar refractivity (Wildman–Crippen MR) is 93.0 cm³/mol. The molecule has 0 atom stereocenters. The van der Waals surface area contributed by atoms with Crippen molar-refractivity contribution in [1.29, 1.82) is 0 Å². The maximum absolute atomic E-state index is 12.1. The van der Waals surface area contributed by atoms with E-state index in [1.165, 1.54) is 38.5 Å². The fourth-order valence-electron chi connectivity index (χ4n) is 2.95. The molecule has 0 N–H and O–H groups in total. The van der Waals surface area contributed by atoms with Gasteiger partial charge in [-0.1, -0.05) is 63.7 Å². The fraction of sp³-hybridized carbons (Fsp3) is 0.550. The Morgan fingerprint density at radius 3 is 2.61 bits per heavy atom. The molecule has 0 unspecified atom stereocenters. The minimum absolute atomic E-state index is 0.232. The molecule has 0 saturated heterocycles. The molecule has 23 heavy (non-hydrogen) atoms. The third kappa shape index (κ3) is 5.12. The largest absolute Gasteiger partial charge is 0.493 e. The molecule has 0 radical (unpaired) electrons. The lowest BCUT2D eigenvalue weighted by atomic mass is 9.99. The van der Waals surface area contributed by atoms with Gasteiger partial charge in [0.15, 0.2) is 11.5 Å². The zero-order valence-corrected chi connectivity index (χ0v) is 14.4. The highest BCUT2D eigenvalue weighted by Gasteiger charge is 2.24. The van der Waals surface area contributed by atoms with Crippen LogP contribution in [-0.4, -0.2) is 13.1 Å². The first-order chi connectivity index (χ1) is 11.3. The van der Waals surface area contributed by atoms with Crippen molar-refractivity contribution in [3.63, 3.8) is 0 Å². The van der Waals surface area contributed by atoms with Crippen molar-refractivity contribution in [3.8, 4) is 11.5 Å². The highest BCUT2D eigenvalue weighted by molar-refractivity contribution is 5.93. The van der Waals surface area contributed by atoms with Crippen molar-refractivity contribution in [2.45, 2.75) is 64.7 Å². The molecule has 0 saturated carbocycles. The van der Waals surface area contributed by atoms with E-state index in [4.69, 9.17) is 9.47 Å². The number of benzene rings is 1. The Balaban J connectivity index is 1.81. The van der Waals surface area contributed by atoms with E-state index < -0.39 is 0 Å². The van der Waals surface area contributed by atoms with Crippen LogP contribution in [0.2, 0.25) is 0 Å². The number of unbranched alkanes of at least 4 members (excludes halogenated alkanes) is 7. The van der Waals surface area contributed by atoms with Crippen LogP contribution in [0.25, 0.3) is 0 Å². The predicted octanol–water partition coefficient (Wildman–Crippen LogP) is 5.22. The van der Waals surface area contributed by atoms with Crippen molar-refractivity contribution in [2.24, 2.45) is 0 Å². The van der Waals surface area contributed by atoms with Gasteiger partial charge in [0.25, 0.3) is 0 Å². The van der Waals surface area contributed by atoms with Gasteiger partial charge in [0.2, 0.25) is 0 Å². The molecule has 0 spiro atoms. The number of fused-ring (bicyclic) bond motifs is 1. The Morgan fingerprint density at radius 2 is 1.87 bits per heavy atom. The van der Waals surface area contributed by atoms with Gasteiger partial charge in [-0.05, 0) is 18.9 Å². The van der Waals surface area contributed by atoms with Crippen molar-refractivity contribution in [2.75, 3.05) is 7.11 Å². The van der Waals surface area contributed by atoms with Gasteiger partial charge in [-0.2, -0.15) is 0 Å². The Morgan fingerprint density at radius 1 is 1.13 bits per heavy atom. The molecule has 126 valence electrons. The summed E-state index contributed by atoms with van der Waals surface area (Å²) in [6, 6.07) is 5.75. The number of allylic oxidation sites excluding steroid dienone is 1. The van der Waals surface area contributed by atoms with Crippen molar-refractivity contribution < 1.29 is 14.3 Å². The molecule has 2 rings (SSSR count). The molecule has 0 fully saturated rings. The van der Waals surface area contributed by atoms with Crippen LogP contribution >= 0.6 is 0 Å². The lowest BCUT2D eigenvalue weighted by molar-refractivity contribution is -0.131. The average Bonchev–Trinajstić information content (AvgIpc) is 2.57. The third-order valence-corrected chi connectivity index (χ3v) is 4.32. The fourth-order valence-corrected chi connectivity index (χ4v) is 2.95. The molecule has 1 aliphatic rings. The maximum atomic E-state index is 12.1. The standard InChI is InChI=1S/C20H28O3/c1-3-4-5-6-7-8-9-10-12-17-15-16-13-11-14-18(22-2)19(16)23-20(17)21/h11-14H,3-10,15H2,1-2H3/b17-12+. The molecule has 1 aliphatic heterocycles. The third-order valence-electron chi connectivity index (χ3n) is 4.32. The van der Waals surface area contributed by atoms with E-state index in [2.05, 4.69) is 13.0 Å². The molecule has 0 bridgehead atoms. The van der Waals surface area contributed by atoms with Gasteiger partial charge in [0, 0.05) is 17.6 Å². The summed E-state index contributed by atoms with van der Waals surface area (Å²) in [4.78, 5) is 12.1. The number of ether oxygens (including phenoxy) is 2. The minimum atomic E-state index is -0.232. The number of methoxy groups -OCH3 is 1. The Labute approximate surface area is 139 Å². The highest BCUT2D eigenvalue weighted by Crippen LogP contribution is 2.36. The van der Waals surface area contributed by atoms with Crippen molar-refractivity contribution in [3.05, 3.63) is 35.4 Å². The summed E-state index contributed by atoms with van der Waals surface area (Å²) in [5, 5.41) is 0. The van der Waals surface area contributed by atoms with E-state index in [9.17, 15) is 4.79 Å². The van der Waals surface area contributed by atoms with Gasteiger partial charge in [0.05, 0.1) is 7.11 Å². The molecule has 3 heteroatoms. The molecule has 0 aliphatic carbocycles. The number of carbonyl (C=O) groups is 1. The van der Waals surface area contributed by atoms with Crippen LogP contribution in [0.1, 0.15) is 63.9 Å². The second-order valence-corrected chi connectivity index (χ2v) is 6.15. The highest BCUT2D eigenvalue weighted by atomic mass is 16.6. The normalized spacial score (nSPS) is 15.4. The molecular formula is C20H28O3. The molecule has 1 aromatic carbocycles.